The smallest absolute Gasteiger partial charge is 0.0952 e. The molecule has 0 heterocycles. The molecule has 4 N–H and O–H groups in total. The third kappa shape index (κ3) is 1.81. The molecular formula is C11H21NO2. The molecule has 0 aromatic rings. The minimum absolute atomic E-state index is 0.201. The molecule has 4 atom stereocenters. The van der Waals surface area contributed by atoms with Gasteiger partial charge in [0, 0.05) is 6.04 Å². The monoisotopic (exact) mass is 199 g/mol. The quantitative estimate of drug-likeness (QED) is 0.580. The van der Waals surface area contributed by atoms with E-state index in [2.05, 4.69) is 0 Å². The molecule has 2 aliphatic rings. The van der Waals surface area contributed by atoms with Gasteiger partial charge in [-0.1, -0.05) is 32.1 Å². The molecule has 0 amide bonds. The lowest BCUT2D eigenvalue weighted by Crippen LogP contribution is -2.40. The van der Waals surface area contributed by atoms with E-state index >= 15 is 0 Å². The Balaban J connectivity index is 1.97. The van der Waals surface area contributed by atoms with E-state index in [4.69, 9.17) is 5.73 Å². The summed E-state index contributed by atoms with van der Waals surface area (Å²) >= 11 is 0. The van der Waals surface area contributed by atoms with Crippen LogP contribution in [0.3, 0.4) is 0 Å². The molecule has 2 aliphatic carbocycles. The van der Waals surface area contributed by atoms with Gasteiger partial charge in [-0.3, -0.25) is 0 Å². The van der Waals surface area contributed by atoms with Crippen molar-refractivity contribution < 1.29 is 10.2 Å². The van der Waals surface area contributed by atoms with Gasteiger partial charge in [0.05, 0.1) is 12.2 Å². The van der Waals surface area contributed by atoms with Crippen molar-refractivity contribution in [2.75, 3.05) is 0 Å². The van der Waals surface area contributed by atoms with Crippen molar-refractivity contribution in [3.63, 3.8) is 0 Å². The standard InChI is InChI=1S/C11H21NO2/c12-10-8(6-9(13)11(10)14)7-4-2-1-3-5-7/h7-11,13-14H,1-6,12H2/t8-,9+,10+,11+/m0/s1. The summed E-state index contributed by atoms with van der Waals surface area (Å²) in [5.41, 5.74) is 5.93. The molecule has 2 fully saturated rings. The molecular weight excluding hydrogens is 178 g/mol. The van der Waals surface area contributed by atoms with Crippen LogP contribution in [0.5, 0.6) is 0 Å². The van der Waals surface area contributed by atoms with Crippen LogP contribution in [0.2, 0.25) is 0 Å². The molecule has 82 valence electrons. The zero-order valence-electron chi connectivity index (χ0n) is 8.60. The number of rotatable bonds is 1. The molecule has 2 rings (SSSR count). The van der Waals surface area contributed by atoms with Crippen LogP contribution in [-0.2, 0) is 0 Å². The van der Waals surface area contributed by atoms with Crippen molar-refractivity contribution >= 4 is 0 Å². The Bertz CT molecular complexity index is 192. The van der Waals surface area contributed by atoms with Gasteiger partial charge in [0.25, 0.3) is 0 Å². The number of hydrogen-bond acceptors (Lipinski definition) is 3. The SMILES string of the molecule is N[C@H]1[C@H](O)[C@H](O)C[C@H]1C1CCCCC1. The molecule has 2 saturated carbocycles. The summed E-state index contributed by atoms with van der Waals surface area (Å²) in [6.07, 6.45) is 5.81. The van der Waals surface area contributed by atoms with Crippen LogP contribution in [0.25, 0.3) is 0 Å². The van der Waals surface area contributed by atoms with Crippen molar-refractivity contribution in [1.29, 1.82) is 0 Å². The van der Waals surface area contributed by atoms with E-state index in [1.54, 1.807) is 0 Å². The predicted molar refractivity (Wildman–Crippen MR) is 54.7 cm³/mol. The van der Waals surface area contributed by atoms with Crippen LogP contribution < -0.4 is 5.73 Å². The highest BCUT2D eigenvalue weighted by Crippen LogP contribution is 2.38. The van der Waals surface area contributed by atoms with E-state index < -0.39 is 12.2 Å². The van der Waals surface area contributed by atoms with Crippen LogP contribution in [0, 0.1) is 11.8 Å². The summed E-state index contributed by atoms with van der Waals surface area (Å²) in [6, 6.07) is -0.201. The molecule has 3 nitrogen and oxygen atoms in total. The van der Waals surface area contributed by atoms with Gasteiger partial charge in [0.15, 0.2) is 0 Å². The largest absolute Gasteiger partial charge is 0.390 e. The van der Waals surface area contributed by atoms with Crippen LogP contribution in [0.15, 0.2) is 0 Å². The number of hydrogen-bond donors (Lipinski definition) is 3. The summed E-state index contributed by atoms with van der Waals surface area (Å²) in [6.45, 7) is 0. The van der Waals surface area contributed by atoms with E-state index in [1.807, 2.05) is 0 Å². The molecule has 14 heavy (non-hydrogen) atoms. The van der Waals surface area contributed by atoms with Crippen molar-refractivity contribution in [1.82, 2.24) is 0 Å². The number of nitrogens with two attached hydrogens (primary N) is 1. The number of aliphatic hydroxyl groups excluding tert-OH is 2. The second-order valence-corrected chi connectivity index (χ2v) is 4.93. The van der Waals surface area contributed by atoms with Gasteiger partial charge in [-0.05, 0) is 18.3 Å². The highest BCUT2D eigenvalue weighted by molar-refractivity contribution is 4.97. The summed E-state index contributed by atoms with van der Waals surface area (Å²) in [7, 11) is 0. The lowest BCUT2D eigenvalue weighted by atomic mass is 9.78. The zero-order chi connectivity index (χ0) is 10.1. The lowest BCUT2D eigenvalue weighted by molar-refractivity contribution is 0.0360. The summed E-state index contributed by atoms with van der Waals surface area (Å²) in [5.74, 6) is 0.992. The minimum atomic E-state index is -0.693. The van der Waals surface area contributed by atoms with Crippen molar-refractivity contribution in [2.24, 2.45) is 17.6 Å². The van der Waals surface area contributed by atoms with Gasteiger partial charge < -0.3 is 15.9 Å². The van der Waals surface area contributed by atoms with Gasteiger partial charge in [-0.2, -0.15) is 0 Å². The summed E-state index contributed by atoms with van der Waals surface area (Å²) in [5, 5.41) is 19.1. The molecule has 3 heteroatoms. The third-order valence-corrected chi connectivity index (χ3v) is 4.05. The van der Waals surface area contributed by atoms with E-state index in [0.717, 1.165) is 0 Å². The maximum atomic E-state index is 9.59. The predicted octanol–water partition coefficient (Wildman–Crippen LogP) is 0.636. The van der Waals surface area contributed by atoms with Crippen molar-refractivity contribution in [2.45, 2.75) is 56.8 Å². The van der Waals surface area contributed by atoms with Crippen LogP contribution >= 0.6 is 0 Å². The maximum absolute atomic E-state index is 9.59. The fraction of sp³-hybridized carbons (Fsp3) is 1.00. The first-order valence-electron chi connectivity index (χ1n) is 5.82. The highest BCUT2D eigenvalue weighted by atomic mass is 16.3. The molecule has 0 aromatic heterocycles. The topological polar surface area (TPSA) is 66.5 Å². The van der Waals surface area contributed by atoms with Gasteiger partial charge in [-0.15, -0.1) is 0 Å². The first-order chi connectivity index (χ1) is 6.70. The first kappa shape index (κ1) is 10.4. The Kier molecular flexibility index (Phi) is 3.10. The second kappa shape index (κ2) is 4.17. The van der Waals surface area contributed by atoms with Crippen molar-refractivity contribution in [3.05, 3.63) is 0 Å². The molecule has 0 bridgehead atoms. The van der Waals surface area contributed by atoms with E-state index in [0.29, 0.717) is 18.3 Å². The maximum Gasteiger partial charge on any atom is 0.0952 e. The fourth-order valence-corrected chi connectivity index (χ4v) is 3.15. The Morgan fingerprint density at radius 3 is 2.14 bits per heavy atom. The van der Waals surface area contributed by atoms with Gasteiger partial charge >= 0.3 is 0 Å². The van der Waals surface area contributed by atoms with Crippen LogP contribution in [-0.4, -0.2) is 28.5 Å². The molecule has 0 aliphatic heterocycles. The average Bonchev–Trinajstić information content (AvgIpc) is 2.47. The zero-order valence-corrected chi connectivity index (χ0v) is 8.60. The third-order valence-electron chi connectivity index (χ3n) is 4.05. The van der Waals surface area contributed by atoms with E-state index in [9.17, 15) is 10.2 Å². The Morgan fingerprint density at radius 2 is 1.64 bits per heavy atom. The lowest BCUT2D eigenvalue weighted by Gasteiger charge is -2.30. The number of aliphatic hydroxyl groups is 2. The van der Waals surface area contributed by atoms with Crippen LogP contribution in [0.4, 0.5) is 0 Å². The Morgan fingerprint density at radius 1 is 1.00 bits per heavy atom. The summed E-state index contributed by atoms with van der Waals surface area (Å²) in [4.78, 5) is 0. The summed E-state index contributed by atoms with van der Waals surface area (Å²) < 4.78 is 0. The molecule has 0 unspecified atom stereocenters. The first-order valence-corrected chi connectivity index (χ1v) is 5.82. The molecule has 0 spiro atoms. The second-order valence-electron chi connectivity index (χ2n) is 4.93. The average molecular weight is 199 g/mol. The molecule has 0 saturated heterocycles. The molecule has 0 radical (unpaired) electrons. The van der Waals surface area contributed by atoms with Crippen molar-refractivity contribution in [3.8, 4) is 0 Å². The Labute approximate surface area is 85.3 Å². The normalized spacial score (nSPS) is 45.6. The van der Waals surface area contributed by atoms with Gasteiger partial charge in [-0.25, -0.2) is 0 Å². The fourth-order valence-electron chi connectivity index (χ4n) is 3.15. The van der Waals surface area contributed by atoms with Gasteiger partial charge in [0.2, 0.25) is 0 Å². The Hall–Kier alpha value is -0.120. The molecule has 0 aromatic carbocycles. The van der Waals surface area contributed by atoms with Gasteiger partial charge in [0.1, 0.15) is 0 Å². The van der Waals surface area contributed by atoms with E-state index in [1.165, 1.54) is 32.1 Å². The minimum Gasteiger partial charge on any atom is -0.390 e. The van der Waals surface area contributed by atoms with Crippen LogP contribution in [0.1, 0.15) is 38.5 Å². The highest BCUT2D eigenvalue weighted by Gasteiger charge is 2.42. The van der Waals surface area contributed by atoms with E-state index in [-0.39, 0.29) is 6.04 Å².